The summed E-state index contributed by atoms with van der Waals surface area (Å²) in [5.41, 5.74) is 0.221. The second-order valence-corrected chi connectivity index (χ2v) is 10.5. The fourth-order valence-corrected chi connectivity index (χ4v) is 5.86. The van der Waals surface area contributed by atoms with Gasteiger partial charge in [0.15, 0.2) is 5.82 Å². The Labute approximate surface area is 213 Å². The highest BCUT2D eigenvalue weighted by molar-refractivity contribution is 7.93. The number of ether oxygens (including phenoxy) is 1. The van der Waals surface area contributed by atoms with E-state index in [9.17, 15) is 13.2 Å². The van der Waals surface area contributed by atoms with Crippen LogP contribution in [0.4, 0.5) is 15.9 Å². The van der Waals surface area contributed by atoms with Gasteiger partial charge in [0.2, 0.25) is 5.56 Å². The fourth-order valence-electron chi connectivity index (χ4n) is 4.39. The third-order valence-corrected chi connectivity index (χ3v) is 7.97. The summed E-state index contributed by atoms with van der Waals surface area (Å²) < 4.78 is 49.7. The van der Waals surface area contributed by atoms with E-state index in [0.29, 0.717) is 10.9 Å². The number of methoxy groups -OCH3 is 1. The number of hydrogen-bond donors (Lipinski definition) is 1. The van der Waals surface area contributed by atoms with Crippen LogP contribution in [-0.2, 0) is 10.0 Å². The summed E-state index contributed by atoms with van der Waals surface area (Å²) in [7, 11) is -2.97. The summed E-state index contributed by atoms with van der Waals surface area (Å²) in [5, 5.41) is 8.30. The molecular formula is C27H23FN4O4S. The van der Waals surface area contributed by atoms with Gasteiger partial charge in [0.25, 0.3) is 10.0 Å². The first-order valence-corrected chi connectivity index (χ1v) is 13.2. The third kappa shape index (κ3) is 4.90. The van der Waals surface area contributed by atoms with E-state index in [-0.39, 0.29) is 39.2 Å². The highest BCUT2D eigenvalue weighted by atomic mass is 32.2. The molecule has 5 rings (SSSR count). The van der Waals surface area contributed by atoms with Gasteiger partial charge in [-0.1, -0.05) is 24.7 Å². The molecule has 1 fully saturated rings. The molecule has 188 valence electrons. The molecule has 1 N–H and O–H groups in total. The fraction of sp³-hybridized carbons (Fsp3) is 0.222. The zero-order chi connectivity index (χ0) is 26.0. The molecule has 0 unspecified atom stereocenters. The van der Waals surface area contributed by atoms with Gasteiger partial charge in [-0.05, 0) is 54.6 Å². The number of nitrogens with one attached hydrogen (secondary N) is 1. The summed E-state index contributed by atoms with van der Waals surface area (Å²) in [6.45, 7) is 0. The quantitative estimate of drug-likeness (QED) is 0.389. The number of anilines is 2. The van der Waals surface area contributed by atoms with Crippen LogP contribution in [0.3, 0.4) is 0 Å². The third-order valence-electron chi connectivity index (χ3n) is 6.25. The molecule has 37 heavy (non-hydrogen) atoms. The number of halogens is 1. The topological polar surface area (TPSA) is 105 Å². The molecular weight excluding hydrogens is 495 g/mol. The molecule has 8 nitrogen and oxygen atoms in total. The molecule has 0 radical (unpaired) electrons. The Morgan fingerprint density at radius 1 is 1.11 bits per heavy atom. The first-order valence-electron chi connectivity index (χ1n) is 11.7. The monoisotopic (exact) mass is 518 g/mol. The van der Waals surface area contributed by atoms with Gasteiger partial charge < -0.3 is 9.72 Å². The second-order valence-electron chi connectivity index (χ2n) is 8.68. The lowest BCUT2D eigenvalue weighted by Gasteiger charge is -2.25. The van der Waals surface area contributed by atoms with Crippen molar-refractivity contribution in [3.05, 3.63) is 82.5 Å². The lowest BCUT2D eigenvalue weighted by atomic mass is 10.1. The molecule has 0 bridgehead atoms. The minimum atomic E-state index is -4.34. The van der Waals surface area contributed by atoms with E-state index in [4.69, 9.17) is 4.74 Å². The van der Waals surface area contributed by atoms with Crippen LogP contribution in [0.2, 0.25) is 0 Å². The standard InChI is InChI=1S/C27H23FN4O4S/c1-36-25-16-19(9-8-18-5-2-3-6-18)22(28)17-24(25)32(26-7-4-14-29-31-26)37(34,35)21-11-12-23-20(15-21)10-13-27(33)30-23/h4,7,10-18H,2-3,5-6H2,1H3,(H,30,33). The molecule has 0 amide bonds. The molecule has 4 aromatic rings. The average Bonchev–Trinajstić information content (AvgIpc) is 3.42. The van der Waals surface area contributed by atoms with Gasteiger partial charge in [-0.3, -0.25) is 4.79 Å². The summed E-state index contributed by atoms with van der Waals surface area (Å²) >= 11 is 0. The van der Waals surface area contributed by atoms with Crippen molar-refractivity contribution in [2.75, 3.05) is 11.4 Å². The Bertz CT molecular complexity index is 1690. The molecule has 0 spiro atoms. The minimum absolute atomic E-state index is 0.0495. The Morgan fingerprint density at radius 3 is 2.65 bits per heavy atom. The van der Waals surface area contributed by atoms with Crippen molar-refractivity contribution in [2.24, 2.45) is 5.92 Å². The number of hydrogen-bond acceptors (Lipinski definition) is 6. The molecule has 0 atom stereocenters. The molecule has 1 aliphatic rings. The van der Waals surface area contributed by atoms with E-state index in [1.165, 1.54) is 61.8 Å². The Hall–Kier alpha value is -4.23. The first-order chi connectivity index (χ1) is 17.9. The smallest absolute Gasteiger partial charge is 0.270 e. The second kappa shape index (κ2) is 10.0. The van der Waals surface area contributed by atoms with Crippen molar-refractivity contribution in [1.29, 1.82) is 0 Å². The van der Waals surface area contributed by atoms with Crippen molar-refractivity contribution < 1.29 is 17.5 Å². The molecule has 1 saturated carbocycles. The lowest BCUT2D eigenvalue weighted by Crippen LogP contribution is -2.28. The van der Waals surface area contributed by atoms with E-state index in [0.717, 1.165) is 36.1 Å². The maximum Gasteiger partial charge on any atom is 0.270 e. The van der Waals surface area contributed by atoms with Gasteiger partial charge in [-0.25, -0.2) is 17.1 Å². The van der Waals surface area contributed by atoms with Crippen LogP contribution in [0.15, 0.2) is 70.5 Å². The number of sulfonamides is 1. The zero-order valence-corrected chi connectivity index (χ0v) is 20.8. The molecule has 2 aromatic heterocycles. The van der Waals surface area contributed by atoms with E-state index in [1.807, 2.05) is 0 Å². The summed E-state index contributed by atoms with van der Waals surface area (Å²) in [6, 6.07) is 12.6. The average molecular weight is 519 g/mol. The van der Waals surface area contributed by atoms with Crippen LogP contribution in [0.5, 0.6) is 5.75 Å². The highest BCUT2D eigenvalue weighted by Gasteiger charge is 2.31. The van der Waals surface area contributed by atoms with Crippen molar-refractivity contribution in [3.8, 4) is 17.6 Å². The summed E-state index contributed by atoms with van der Waals surface area (Å²) in [6.07, 6.45) is 5.60. The minimum Gasteiger partial charge on any atom is -0.494 e. The van der Waals surface area contributed by atoms with Gasteiger partial charge in [-0.15, -0.1) is 5.10 Å². The SMILES string of the molecule is COc1cc(C#CC2CCCC2)c(F)cc1N(c1cccnn1)S(=O)(=O)c1ccc2[nH]c(=O)ccc2c1. The van der Waals surface area contributed by atoms with E-state index >= 15 is 4.39 Å². The molecule has 2 heterocycles. The molecule has 10 heteroatoms. The Kier molecular flexibility index (Phi) is 6.63. The van der Waals surface area contributed by atoms with Crippen LogP contribution in [-0.4, -0.2) is 30.7 Å². The normalized spacial score (nSPS) is 13.8. The predicted octanol–water partition coefficient (Wildman–Crippen LogP) is 4.53. The van der Waals surface area contributed by atoms with Gasteiger partial charge in [0.1, 0.15) is 17.3 Å². The number of aromatic amines is 1. The molecule has 2 aromatic carbocycles. The van der Waals surface area contributed by atoms with Crippen molar-refractivity contribution in [2.45, 2.75) is 30.6 Å². The maximum atomic E-state index is 15.3. The van der Waals surface area contributed by atoms with Crippen LogP contribution in [0, 0.1) is 23.6 Å². The van der Waals surface area contributed by atoms with Gasteiger partial charge in [0.05, 0.1) is 17.6 Å². The summed E-state index contributed by atoms with van der Waals surface area (Å²) in [5.74, 6) is 5.63. The molecule has 0 saturated heterocycles. The number of nitrogens with zero attached hydrogens (tertiary/aromatic N) is 3. The number of benzene rings is 2. The number of aromatic nitrogens is 3. The van der Waals surface area contributed by atoms with Gasteiger partial charge in [-0.2, -0.15) is 5.10 Å². The van der Waals surface area contributed by atoms with Crippen LogP contribution in [0.1, 0.15) is 31.2 Å². The summed E-state index contributed by atoms with van der Waals surface area (Å²) in [4.78, 5) is 14.2. The number of pyridine rings is 1. The Morgan fingerprint density at radius 2 is 1.92 bits per heavy atom. The lowest BCUT2D eigenvalue weighted by molar-refractivity contribution is 0.414. The van der Waals surface area contributed by atoms with Crippen LogP contribution < -0.4 is 14.6 Å². The van der Waals surface area contributed by atoms with Crippen molar-refractivity contribution >= 4 is 32.4 Å². The number of fused-ring (bicyclic) bond motifs is 1. The van der Waals surface area contributed by atoms with Crippen molar-refractivity contribution in [1.82, 2.24) is 15.2 Å². The molecule has 0 aliphatic heterocycles. The number of rotatable bonds is 5. The highest BCUT2D eigenvalue weighted by Crippen LogP contribution is 2.39. The van der Waals surface area contributed by atoms with Crippen molar-refractivity contribution in [3.63, 3.8) is 0 Å². The van der Waals surface area contributed by atoms with Gasteiger partial charge >= 0.3 is 0 Å². The zero-order valence-electron chi connectivity index (χ0n) is 19.9. The predicted molar refractivity (Wildman–Crippen MR) is 138 cm³/mol. The van der Waals surface area contributed by atoms with E-state index in [2.05, 4.69) is 27.0 Å². The molecule has 1 aliphatic carbocycles. The Balaban J connectivity index is 1.65. The van der Waals surface area contributed by atoms with E-state index in [1.54, 1.807) is 0 Å². The largest absolute Gasteiger partial charge is 0.494 e. The number of H-pyrrole nitrogens is 1. The first kappa shape index (κ1) is 24.5. The van der Waals surface area contributed by atoms with Crippen LogP contribution >= 0.6 is 0 Å². The maximum absolute atomic E-state index is 15.3. The van der Waals surface area contributed by atoms with E-state index < -0.39 is 15.8 Å². The van der Waals surface area contributed by atoms with Gasteiger partial charge in [0, 0.05) is 35.8 Å². The van der Waals surface area contributed by atoms with Crippen LogP contribution in [0.25, 0.3) is 10.9 Å².